The Morgan fingerprint density at radius 3 is 3.08 bits per heavy atom. The summed E-state index contributed by atoms with van der Waals surface area (Å²) in [6.07, 6.45) is 2.62. The van der Waals surface area contributed by atoms with Crippen LogP contribution in [0.4, 0.5) is 0 Å². The summed E-state index contributed by atoms with van der Waals surface area (Å²) >= 11 is 5.50. The topological polar surface area (TPSA) is 71.5 Å². The van der Waals surface area contributed by atoms with Gasteiger partial charge in [0.25, 0.3) is 5.56 Å². The maximum atomic E-state index is 11.1. The summed E-state index contributed by atoms with van der Waals surface area (Å²) in [5.41, 5.74) is 0.0374. The van der Waals surface area contributed by atoms with Crippen LogP contribution in [0.5, 0.6) is 0 Å². The molecule has 2 aromatic heterocycles. The summed E-state index contributed by atoms with van der Waals surface area (Å²) in [6.45, 7) is 0. The summed E-state index contributed by atoms with van der Waals surface area (Å²) in [5, 5.41) is 0.419. The van der Waals surface area contributed by atoms with Gasteiger partial charge in [0, 0.05) is 6.20 Å². The Morgan fingerprint density at radius 1 is 1.42 bits per heavy atom. The zero-order chi connectivity index (χ0) is 8.55. The van der Waals surface area contributed by atoms with Crippen molar-refractivity contribution in [2.24, 2.45) is 0 Å². The van der Waals surface area contributed by atoms with E-state index in [0.29, 0.717) is 11.0 Å². The zero-order valence-corrected chi connectivity index (χ0v) is 6.54. The molecule has 2 rings (SSSR count). The first-order valence-electron chi connectivity index (χ1n) is 3.13. The molecule has 0 aromatic carbocycles. The third-order valence-electron chi connectivity index (χ3n) is 1.37. The van der Waals surface area contributed by atoms with Crippen LogP contribution in [0.3, 0.4) is 0 Å². The molecule has 5 nitrogen and oxygen atoms in total. The van der Waals surface area contributed by atoms with Crippen LogP contribution in [0, 0.1) is 0 Å². The van der Waals surface area contributed by atoms with E-state index >= 15 is 0 Å². The van der Waals surface area contributed by atoms with Gasteiger partial charge in [-0.2, -0.15) is 4.98 Å². The monoisotopic (exact) mass is 182 g/mol. The highest BCUT2D eigenvalue weighted by molar-refractivity contribution is 6.28. The van der Waals surface area contributed by atoms with Gasteiger partial charge in [0.2, 0.25) is 5.28 Å². The van der Waals surface area contributed by atoms with Gasteiger partial charge in [-0.1, -0.05) is 0 Å². The molecule has 0 aliphatic heterocycles. The predicted octanol–water partition coefficient (Wildman–Crippen LogP) is 0.367. The molecule has 0 fully saturated rings. The van der Waals surface area contributed by atoms with Crippen LogP contribution >= 0.6 is 11.6 Å². The van der Waals surface area contributed by atoms with Crippen LogP contribution in [-0.4, -0.2) is 19.9 Å². The summed E-state index contributed by atoms with van der Waals surface area (Å²) in [5.74, 6) is 0. The van der Waals surface area contributed by atoms with E-state index in [0.717, 1.165) is 0 Å². The Bertz CT molecular complexity index is 480. The van der Waals surface area contributed by atoms with Gasteiger partial charge in [-0.05, 0) is 11.6 Å². The number of nitrogens with one attached hydrogen (secondary N) is 1. The van der Waals surface area contributed by atoms with E-state index in [9.17, 15) is 4.79 Å². The highest BCUT2D eigenvalue weighted by atomic mass is 35.5. The minimum absolute atomic E-state index is 0.0839. The molecule has 0 amide bonds. The molecule has 60 valence electrons. The van der Waals surface area contributed by atoms with E-state index in [4.69, 9.17) is 11.6 Å². The molecule has 2 aromatic rings. The van der Waals surface area contributed by atoms with E-state index < -0.39 is 0 Å². The normalized spacial score (nSPS) is 10.4. The lowest BCUT2D eigenvalue weighted by Gasteiger charge is -1.92. The molecule has 0 atom stereocenters. The first kappa shape index (κ1) is 7.17. The van der Waals surface area contributed by atoms with Crippen molar-refractivity contribution in [1.29, 1.82) is 0 Å². The smallest absolute Gasteiger partial charge is 0.261 e. The number of nitrogens with zero attached hydrogens (tertiary/aromatic N) is 3. The van der Waals surface area contributed by atoms with Gasteiger partial charge in [-0.3, -0.25) is 4.79 Å². The standard InChI is InChI=1S/C6H3ClN4O/c7-6-8-1-3-4(11-6)9-2-10-5(3)12/h1-2H,(H,8,9,10,11,12). The van der Waals surface area contributed by atoms with Crippen molar-refractivity contribution in [3.8, 4) is 0 Å². The third kappa shape index (κ3) is 1.04. The lowest BCUT2D eigenvalue weighted by molar-refractivity contribution is 1.11. The fraction of sp³-hybridized carbons (Fsp3) is 0. The largest absolute Gasteiger partial charge is 0.312 e. The first-order valence-corrected chi connectivity index (χ1v) is 3.51. The van der Waals surface area contributed by atoms with Crippen molar-refractivity contribution in [2.45, 2.75) is 0 Å². The van der Waals surface area contributed by atoms with Crippen molar-refractivity contribution in [1.82, 2.24) is 19.9 Å². The van der Waals surface area contributed by atoms with Crippen molar-refractivity contribution < 1.29 is 0 Å². The minimum Gasteiger partial charge on any atom is -0.312 e. The van der Waals surface area contributed by atoms with Crippen molar-refractivity contribution in [2.75, 3.05) is 0 Å². The van der Waals surface area contributed by atoms with Crippen LogP contribution in [0.2, 0.25) is 5.28 Å². The number of halogens is 1. The quantitative estimate of drug-likeness (QED) is 0.598. The molecule has 12 heavy (non-hydrogen) atoms. The molecule has 0 bridgehead atoms. The highest BCUT2D eigenvalue weighted by Crippen LogP contribution is 2.04. The maximum Gasteiger partial charge on any atom is 0.261 e. The number of hydrogen-bond acceptors (Lipinski definition) is 4. The molecule has 0 unspecified atom stereocenters. The van der Waals surface area contributed by atoms with Crippen molar-refractivity contribution in [3.05, 3.63) is 28.2 Å². The summed E-state index contributed by atoms with van der Waals surface area (Å²) < 4.78 is 0. The number of H-pyrrole nitrogens is 1. The number of hydrogen-bond donors (Lipinski definition) is 1. The van der Waals surface area contributed by atoms with E-state index in [1.807, 2.05) is 0 Å². The molecule has 0 saturated heterocycles. The predicted molar refractivity (Wildman–Crippen MR) is 43.0 cm³/mol. The Hall–Kier alpha value is -1.49. The molecule has 0 aliphatic rings. The average molecular weight is 183 g/mol. The maximum absolute atomic E-state index is 11.1. The fourth-order valence-electron chi connectivity index (χ4n) is 0.840. The molecule has 0 aliphatic carbocycles. The van der Waals surface area contributed by atoms with Crippen LogP contribution in [-0.2, 0) is 0 Å². The lowest BCUT2D eigenvalue weighted by atomic mass is 10.4. The van der Waals surface area contributed by atoms with Gasteiger partial charge >= 0.3 is 0 Å². The second-order valence-corrected chi connectivity index (χ2v) is 2.45. The molecule has 0 spiro atoms. The Labute approximate surface area is 71.5 Å². The molecule has 0 saturated carbocycles. The van der Waals surface area contributed by atoms with Crippen molar-refractivity contribution in [3.63, 3.8) is 0 Å². The lowest BCUT2D eigenvalue weighted by Crippen LogP contribution is -2.07. The number of aromatic nitrogens is 4. The van der Waals surface area contributed by atoms with E-state index in [-0.39, 0.29) is 10.8 Å². The average Bonchev–Trinajstić information content (AvgIpc) is 2.04. The van der Waals surface area contributed by atoms with Gasteiger partial charge < -0.3 is 4.98 Å². The van der Waals surface area contributed by atoms with Gasteiger partial charge in [0.1, 0.15) is 5.39 Å². The second kappa shape index (κ2) is 2.53. The summed E-state index contributed by atoms with van der Waals surface area (Å²) in [7, 11) is 0. The minimum atomic E-state index is -0.267. The Morgan fingerprint density at radius 2 is 2.25 bits per heavy atom. The second-order valence-electron chi connectivity index (χ2n) is 2.11. The Balaban J connectivity index is 2.96. The SMILES string of the molecule is O=c1[nH]cnc2nc(Cl)ncc12. The number of fused-ring (bicyclic) bond motifs is 1. The number of rotatable bonds is 0. The molecular formula is C6H3ClN4O. The highest BCUT2D eigenvalue weighted by Gasteiger charge is 2.00. The van der Waals surface area contributed by atoms with Gasteiger partial charge in [-0.15, -0.1) is 0 Å². The molecule has 1 N–H and O–H groups in total. The van der Waals surface area contributed by atoms with Gasteiger partial charge in [0.15, 0.2) is 5.65 Å². The molecule has 6 heteroatoms. The first-order chi connectivity index (χ1) is 5.77. The zero-order valence-electron chi connectivity index (χ0n) is 5.78. The molecule has 0 radical (unpaired) electrons. The van der Waals surface area contributed by atoms with E-state index in [1.54, 1.807) is 0 Å². The summed E-state index contributed by atoms with van der Waals surface area (Å²) in [6, 6.07) is 0. The fourth-order valence-corrected chi connectivity index (χ4v) is 0.969. The van der Waals surface area contributed by atoms with E-state index in [1.165, 1.54) is 12.5 Å². The summed E-state index contributed by atoms with van der Waals surface area (Å²) in [4.78, 5) is 24.7. The van der Waals surface area contributed by atoms with Gasteiger partial charge in [-0.25, -0.2) is 9.97 Å². The molecular weight excluding hydrogens is 180 g/mol. The van der Waals surface area contributed by atoms with Crippen LogP contribution in [0.25, 0.3) is 11.0 Å². The van der Waals surface area contributed by atoms with Gasteiger partial charge in [0.05, 0.1) is 6.33 Å². The molecule has 2 heterocycles. The third-order valence-corrected chi connectivity index (χ3v) is 1.55. The van der Waals surface area contributed by atoms with Crippen LogP contribution in [0.15, 0.2) is 17.3 Å². The van der Waals surface area contributed by atoms with Crippen LogP contribution < -0.4 is 5.56 Å². The number of aromatic amines is 1. The van der Waals surface area contributed by atoms with Crippen molar-refractivity contribution >= 4 is 22.6 Å². The Kier molecular flexibility index (Phi) is 1.51. The van der Waals surface area contributed by atoms with E-state index in [2.05, 4.69) is 19.9 Å². The van der Waals surface area contributed by atoms with Crippen LogP contribution in [0.1, 0.15) is 0 Å².